The maximum Gasteiger partial charge on any atom is 0.156 e. The monoisotopic (exact) mass is 356 g/mol. The fourth-order valence-corrected chi connectivity index (χ4v) is 4.46. The van der Waals surface area contributed by atoms with E-state index in [1.807, 2.05) is 29.6 Å². The topological polar surface area (TPSA) is 67.6 Å². The summed E-state index contributed by atoms with van der Waals surface area (Å²) in [6.45, 7) is 3.89. The van der Waals surface area contributed by atoms with E-state index in [-0.39, 0.29) is 11.5 Å². The molecule has 3 aromatic rings. The van der Waals surface area contributed by atoms with Crippen molar-refractivity contribution in [3.63, 3.8) is 0 Å². The van der Waals surface area contributed by atoms with Crippen LogP contribution in [0.1, 0.15) is 11.4 Å². The Morgan fingerprint density at radius 3 is 2.48 bits per heavy atom. The molecule has 1 aliphatic rings. The molecule has 0 amide bonds. The van der Waals surface area contributed by atoms with Crippen LogP contribution in [0.25, 0.3) is 16.9 Å². The van der Waals surface area contributed by atoms with E-state index in [1.54, 1.807) is 0 Å². The molecular weight excluding hydrogens is 336 g/mol. The maximum absolute atomic E-state index is 11.5. The summed E-state index contributed by atoms with van der Waals surface area (Å²) in [5, 5.41) is 4.46. The van der Waals surface area contributed by atoms with Crippen molar-refractivity contribution in [3.05, 3.63) is 53.9 Å². The third kappa shape index (κ3) is 3.43. The smallest absolute Gasteiger partial charge is 0.156 e. The van der Waals surface area contributed by atoms with Crippen molar-refractivity contribution >= 4 is 15.5 Å². The lowest BCUT2D eigenvalue weighted by atomic mass is 10.1. The highest BCUT2D eigenvalue weighted by Crippen LogP contribution is 2.21. The number of nitrogens with zero attached hydrogens (tertiary/aromatic N) is 4. The van der Waals surface area contributed by atoms with Gasteiger partial charge < -0.3 is 0 Å². The zero-order chi connectivity index (χ0) is 17.4. The molecular formula is C18H20N4O2S. The van der Waals surface area contributed by atoms with Gasteiger partial charge in [-0.3, -0.25) is 4.90 Å². The number of pyridine rings is 1. The molecule has 1 aromatic carbocycles. The van der Waals surface area contributed by atoms with Crippen LogP contribution in [0.4, 0.5) is 0 Å². The van der Waals surface area contributed by atoms with Crippen molar-refractivity contribution in [2.45, 2.75) is 13.5 Å². The Hall–Kier alpha value is -2.25. The average Bonchev–Trinajstić information content (AvgIpc) is 2.98. The zero-order valence-electron chi connectivity index (χ0n) is 14.1. The van der Waals surface area contributed by atoms with E-state index in [4.69, 9.17) is 0 Å². The molecule has 4 rings (SSSR count). The predicted molar refractivity (Wildman–Crippen MR) is 97.1 cm³/mol. The van der Waals surface area contributed by atoms with Gasteiger partial charge in [-0.2, -0.15) is 5.10 Å². The number of aryl methyl sites for hydroxylation is 1. The third-order valence-electron chi connectivity index (χ3n) is 4.56. The van der Waals surface area contributed by atoms with Crippen LogP contribution in [0.3, 0.4) is 0 Å². The first-order valence-corrected chi connectivity index (χ1v) is 10.2. The molecule has 3 heterocycles. The lowest BCUT2D eigenvalue weighted by molar-refractivity contribution is 0.287. The second-order valence-electron chi connectivity index (χ2n) is 6.46. The largest absolute Gasteiger partial charge is 0.297 e. The van der Waals surface area contributed by atoms with E-state index >= 15 is 0 Å². The number of sulfone groups is 1. The molecule has 7 heteroatoms. The fourth-order valence-electron chi connectivity index (χ4n) is 3.18. The van der Waals surface area contributed by atoms with E-state index in [0.717, 1.165) is 29.3 Å². The molecule has 1 saturated heterocycles. The first kappa shape index (κ1) is 16.2. The van der Waals surface area contributed by atoms with Crippen LogP contribution in [0.2, 0.25) is 0 Å². The normalized spacial score (nSPS) is 17.8. The van der Waals surface area contributed by atoms with Crippen LogP contribution in [0.15, 0.2) is 42.5 Å². The van der Waals surface area contributed by atoms with Gasteiger partial charge in [0.1, 0.15) is 5.82 Å². The van der Waals surface area contributed by atoms with Gasteiger partial charge in [0.25, 0.3) is 0 Å². The molecule has 0 N–H and O–H groups in total. The minimum absolute atomic E-state index is 0.263. The van der Waals surface area contributed by atoms with Gasteiger partial charge in [0.2, 0.25) is 0 Å². The zero-order valence-corrected chi connectivity index (χ0v) is 14.9. The summed E-state index contributed by atoms with van der Waals surface area (Å²) in [7, 11) is -2.83. The highest BCUT2D eigenvalue weighted by molar-refractivity contribution is 7.91. The number of fused-ring (bicyclic) bond motifs is 1. The molecule has 0 atom stereocenters. The standard InChI is InChI=1S/C18H20N4O2S/c1-14-19-18-4-2-3-17(22(18)20-14)16-7-5-15(6-8-16)13-21-9-11-25(23,24)12-10-21/h2-8H,9-13H2,1H3. The summed E-state index contributed by atoms with van der Waals surface area (Å²) in [5.74, 6) is 1.28. The maximum atomic E-state index is 11.5. The number of aromatic nitrogens is 3. The van der Waals surface area contributed by atoms with Crippen molar-refractivity contribution in [1.29, 1.82) is 0 Å². The Morgan fingerprint density at radius 1 is 1.04 bits per heavy atom. The van der Waals surface area contributed by atoms with Crippen molar-refractivity contribution in [2.75, 3.05) is 24.6 Å². The van der Waals surface area contributed by atoms with Gasteiger partial charge in [0, 0.05) is 25.2 Å². The first-order chi connectivity index (χ1) is 12.0. The van der Waals surface area contributed by atoms with Gasteiger partial charge in [-0.05, 0) is 24.6 Å². The van der Waals surface area contributed by atoms with Crippen LogP contribution in [0, 0.1) is 6.92 Å². The Kier molecular flexibility index (Phi) is 4.05. The van der Waals surface area contributed by atoms with Crippen LogP contribution >= 0.6 is 0 Å². The van der Waals surface area contributed by atoms with Gasteiger partial charge in [-0.15, -0.1) is 0 Å². The number of benzene rings is 1. The van der Waals surface area contributed by atoms with Crippen molar-refractivity contribution in [1.82, 2.24) is 19.5 Å². The second-order valence-corrected chi connectivity index (χ2v) is 8.77. The Labute approximate surface area is 147 Å². The van der Waals surface area contributed by atoms with E-state index in [2.05, 4.69) is 39.2 Å². The van der Waals surface area contributed by atoms with Gasteiger partial charge >= 0.3 is 0 Å². The fraction of sp³-hybridized carbons (Fsp3) is 0.333. The highest BCUT2D eigenvalue weighted by atomic mass is 32.2. The molecule has 0 spiro atoms. The van der Waals surface area contributed by atoms with E-state index in [1.165, 1.54) is 5.56 Å². The van der Waals surface area contributed by atoms with E-state index < -0.39 is 9.84 Å². The molecule has 0 bridgehead atoms. The van der Waals surface area contributed by atoms with Gasteiger partial charge in [0.05, 0.1) is 17.2 Å². The number of hydrogen-bond acceptors (Lipinski definition) is 5. The molecule has 0 aliphatic carbocycles. The van der Waals surface area contributed by atoms with Crippen LogP contribution in [0.5, 0.6) is 0 Å². The highest BCUT2D eigenvalue weighted by Gasteiger charge is 2.21. The van der Waals surface area contributed by atoms with Gasteiger partial charge in [0.15, 0.2) is 15.5 Å². The molecule has 1 aliphatic heterocycles. The number of rotatable bonds is 3. The van der Waals surface area contributed by atoms with Gasteiger partial charge in [-0.1, -0.05) is 30.3 Å². The Bertz CT molecular complexity index is 995. The number of hydrogen-bond donors (Lipinski definition) is 0. The second kappa shape index (κ2) is 6.24. The first-order valence-electron chi connectivity index (χ1n) is 8.35. The Morgan fingerprint density at radius 2 is 1.76 bits per heavy atom. The van der Waals surface area contributed by atoms with Gasteiger partial charge in [-0.25, -0.2) is 17.9 Å². The quantitative estimate of drug-likeness (QED) is 0.717. The lowest BCUT2D eigenvalue weighted by Gasteiger charge is -2.26. The summed E-state index contributed by atoms with van der Waals surface area (Å²) in [5.41, 5.74) is 4.12. The molecule has 1 fully saturated rings. The lowest BCUT2D eigenvalue weighted by Crippen LogP contribution is -2.39. The molecule has 2 aromatic heterocycles. The van der Waals surface area contributed by atoms with Crippen molar-refractivity contribution in [3.8, 4) is 11.3 Å². The predicted octanol–water partition coefficient (Wildman–Crippen LogP) is 1.94. The Balaban J connectivity index is 1.54. The molecule has 0 saturated carbocycles. The van der Waals surface area contributed by atoms with E-state index in [9.17, 15) is 8.42 Å². The van der Waals surface area contributed by atoms with Crippen molar-refractivity contribution in [2.24, 2.45) is 0 Å². The SMILES string of the molecule is Cc1nc2cccc(-c3ccc(CN4CCS(=O)(=O)CC4)cc3)n2n1. The molecule has 0 radical (unpaired) electrons. The summed E-state index contributed by atoms with van der Waals surface area (Å²) in [6.07, 6.45) is 0. The van der Waals surface area contributed by atoms with Crippen molar-refractivity contribution < 1.29 is 8.42 Å². The molecule has 6 nitrogen and oxygen atoms in total. The summed E-state index contributed by atoms with van der Waals surface area (Å²) < 4.78 is 24.9. The molecule has 0 unspecified atom stereocenters. The van der Waals surface area contributed by atoms with Crippen LogP contribution in [-0.2, 0) is 16.4 Å². The minimum Gasteiger partial charge on any atom is -0.297 e. The summed E-state index contributed by atoms with van der Waals surface area (Å²) >= 11 is 0. The summed E-state index contributed by atoms with van der Waals surface area (Å²) in [4.78, 5) is 6.59. The van der Waals surface area contributed by atoms with Crippen LogP contribution < -0.4 is 0 Å². The van der Waals surface area contributed by atoms with Crippen LogP contribution in [-0.4, -0.2) is 52.5 Å². The summed E-state index contributed by atoms with van der Waals surface area (Å²) in [6, 6.07) is 14.3. The van der Waals surface area contributed by atoms with E-state index in [0.29, 0.717) is 13.1 Å². The molecule has 130 valence electrons. The minimum atomic E-state index is -2.83. The average molecular weight is 356 g/mol. The third-order valence-corrected chi connectivity index (χ3v) is 6.17. The molecule has 25 heavy (non-hydrogen) atoms.